The van der Waals surface area contributed by atoms with Crippen LogP contribution in [0.3, 0.4) is 0 Å². The van der Waals surface area contributed by atoms with Gasteiger partial charge in [-0.3, -0.25) is 9.78 Å². The topological polar surface area (TPSA) is 114 Å². The lowest BCUT2D eigenvalue weighted by molar-refractivity contribution is 0.0685. The lowest BCUT2D eigenvalue weighted by Gasteiger charge is -2.15. The number of aromatic nitrogens is 3. The van der Waals surface area contributed by atoms with E-state index < -0.39 is 22.9 Å². The first kappa shape index (κ1) is 19.4. The van der Waals surface area contributed by atoms with E-state index in [2.05, 4.69) is 5.10 Å². The molecule has 144 valence electrons. The monoisotopic (exact) mass is 401 g/mol. The van der Waals surface area contributed by atoms with Crippen LogP contribution in [0.15, 0.2) is 39.9 Å². The fourth-order valence-corrected chi connectivity index (χ4v) is 2.92. The van der Waals surface area contributed by atoms with Gasteiger partial charge in [-0.25, -0.2) is 9.59 Å². The molecule has 0 saturated carbocycles. The quantitative estimate of drug-likeness (QED) is 0.694. The minimum atomic E-state index is -1.55. The molecule has 3 rings (SSSR count). The summed E-state index contributed by atoms with van der Waals surface area (Å²) in [6, 6.07) is 8.62. The molecular weight excluding hydrogens is 386 g/mol. The summed E-state index contributed by atoms with van der Waals surface area (Å²) >= 11 is 6.36. The molecule has 0 aliphatic carbocycles. The van der Waals surface area contributed by atoms with E-state index in [1.165, 1.54) is 6.07 Å². The Morgan fingerprint density at radius 1 is 1.18 bits per heavy atom. The zero-order chi connectivity index (χ0) is 20.6. The summed E-state index contributed by atoms with van der Waals surface area (Å²) in [6.45, 7) is 5.62. The van der Waals surface area contributed by atoms with Crippen LogP contribution in [0, 0.1) is 20.8 Å². The number of carbonyl (C=O) groups is 1. The van der Waals surface area contributed by atoms with Crippen LogP contribution < -0.4 is 16.0 Å². The number of aromatic carboxylic acids is 1. The Morgan fingerprint density at radius 2 is 1.89 bits per heavy atom. The predicted octanol–water partition coefficient (Wildman–Crippen LogP) is 2.99. The summed E-state index contributed by atoms with van der Waals surface area (Å²) in [5, 5.41) is 12.9. The number of rotatable bonds is 4. The SMILES string of the molecule is Cc1cccc(Oc2c(C)cc(-n3nc(C(=O)O)c(=O)[nH]c3=O)cc2Cl)c1C. The molecular formula is C19H16ClN3O5. The molecule has 1 heterocycles. The van der Waals surface area contributed by atoms with Crippen LogP contribution in [0.1, 0.15) is 27.2 Å². The highest BCUT2D eigenvalue weighted by Crippen LogP contribution is 2.36. The number of benzene rings is 2. The normalized spacial score (nSPS) is 10.7. The maximum atomic E-state index is 12.1. The molecule has 0 amide bonds. The van der Waals surface area contributed by atoms with Crippen molar-refractivity contribution in [2.75, 3.05) is 0 Å². The zero-order valence-corrected chi connectivity index (χ0v) is 16.0. The van der Waals surface area contributed by atoms with E-state index in [4.69, 9.17) is 21.4 Å². The van der Waals surface area contributed by atoms with Crippen LogP contribution in [-0.4, -0.2) is 25.8 Å². The molecule has 3 aromatic rings. The smallest absolute Gasteiger partial charge is 0.362 e. The van der Waals surface area contributed by atoms with Gasteiger partial charge in [0, 0.05) is 0 Å². The summed E-state index contributed by atoms with van der Waals surface area (Å²) in [4.78, 5) is 36.7. The number of nitrogens with zero attached hydrogens (tertiary/aromatic N) is 2. The number of carboxylic acids is 1. The Kier molecular flexibility index (Phi) is 5.06. The Morgan fingerprint density at radius 3 is 2.54 bits per heavy atom. The van der Waals surface area contributed by atoms with Crippen LogP contribution in [0.25, 0.3) is 5.69 Å². The van der Waals surface area contributed by atoms with E-state index >= 15 is 0 Å². The molecule has 0 saturated heterocycles. The molecule has 0 atom stereocenters. The number of nitrogens with one attached hydrogen (secondary N) is 1. The third kappa shape index (κ3) is 3.54. The lowest BCUT2D eigenvalue weighted by Crippen LogP contribution is -2.35. The predicted molar refractivity (Wildman–Crippen MR) is 103 cm³/mol. The van der Waals surface area contributed by atoms with Crippen molar-refractivity contribution >= 4 is 17.6 Å². The third-order valence-electron chi connectivity index (χ3n) is 4.26. The van der Waals surface area contributed by atoms with Gasteiger partial charge in [0.15, 0.2) is 0 Å². The molecule has 1 aromatic heterocycles. The van der Waals surface area contributed by atoms with Crippen molar-refractivity contribution in [3.05, 3.63) is 78.6 Å². The van der Waals surface area contributed by atoms with Crippen LogP contribution in [0.4, 0.5) is 0 Å². The van der Waals surface area contributed by atoms with Gasteiger partial charge in [0.25, 0.3) is 5.56 Å². The van der Waals surface area contributed by atoms with Crippen molar-refractivity contribution in [3.63, 3.8) is 0 Å². The average molecular weight is 402 g/mol. The van der Waals surface area contributed by atoms with Crippen molar-refractivity contribution in [2.24, 2.45) is 0 Å². The van der Waals surface area contributed by atoms with Crippen LogP contribution in [-0.2, 0) is 0 Å². The third-order valence-corrected chi connectivity index (χ3v) is 4.54. The number of halogens is 1. The van der Waals surface area contributed by atoms with Gasteiger partial charge in [0.2, 0.25) is 5.69 Å². The Labute approximate surface area is 164 Å². The van der Waals surface area contributed by atoms with Crippen molar-refractivity contribution in [1.82, 2.24) is 14.8 Å². The van der Waals surface area contributed by atoms with Crippen molar-refractivity contribution in [3.8, 4) is 17.2 Å². The van der Waals surface area contributed by atoms with Gasteiger partial charge in [-0.2, -0.15) is 9.78 Å². The summed E-state index contributed by atoms with van der Waals surface area (Å²) in [5.74, 6) is -0.506. The molecule has 9 heteroatoms. The fourth-order valence-electron chi connectivity index (χ4n) is 2.62. The van der Waals surface area contributed by atoms with E-state index in [1.807, 2.05) is 37.0 Å². The molecule has 0 spiro atoms. The highest BCUT2D eigenvalue weighted by molar-refractivity contribution is 6.32. The van der Waals surface area contributed by atoms with E-state index in [9.17, 15) is 14.4 Å². The summed E-state index contributed by atoms with van der Waals surface area (Å²) in [7, 11) is 0. The Balaban J connectivity index is 2.09. The summed E-state index contributed by atoms with van der Waals surface area (Å²) in [6.07, 6.45) is 0. The maximum absolute atomic E-state index is 12.1. The van der Waals surface area contributed by atoms with Gasteiger partial charge >= 0.3 is 11.7 Å². The maximum Gasteiger partial charge on any atom is 0.362 e. The first-order valence-electron chi connectivity index (χ1n) is 8.20. The first-order valence-corrected chi connectivity index (χ1v) is 8.58. The molecule has 2 aromatic carbocycles. The van der Waals surface area contributed by atoms with Crippen molar-refractivity contribution in [1.29, 1.82) is 0 Å². The number of hydrogen-bond donors (Lipinski definition) is 2. The molecule has 2 N–H and O–H groups in total. The second-order valence-corrected chi connectivity index (χ2v) is 6.61. The van der Waals surface area contributed by atoms with Gasteiger partial charge in [0.05, 0.1) is 10.7 Å². The number of H-pyrrole nitrogens is 1. The number of ether oxygens (including phenoxy) is 1. The second kappa shape index (κ2) is 7.32. The van der Waals surface area contributed by atoms with Gasteiger partial charge in [0.1, 0.15) is 11.5 Å². The molecule has 8 nitrogen and oxygen atoms in total. The summed E-state index contributed by atoms with van der Waals surface area (Å²) < 4.78 is 6.73. The second-order valence-electron chi connectivity index (χ2n) is 6.20. The molecule has 0 aliphatic rings. The highest BCUT2D eigenvalue weighted by Gasteiger charge is 2.17. The molecule has 0 fully saturated rings. The molecule has 0 aliphatic heterocycles. The van der Waals surface area contributed by atoms with E-state index in [1.54, 1.807) is 13.0 Å². The van der Waals surface area contributed by atoms with Gasteiger partial charge in [-0.05, 0) is 55.7 Å². The Bertz CT molecular complexity index is 1190. The van der Waals surface area contributed by atoms with Crippen molar-refractivity contribution < 1.29 is 14.6 Å². The number of aromatic amines is 1. The minimum Gasteiger partial charge on any atom is -0.476 e. The van der Waals surface area contributed by atoms with Gasteiger partial charge < -0.3 is 9.84 Å². The first-order chi connectivity index (χ1) is 13.2. The molecule has 0 radical (unpaired) electrons. The number of aryl methyl sites for hydroxylation is 2. The summed E-state index contributed by atoms with van der Waals surface area (Å²) in [5.41, 5.74) is 0.0590. The Hall–Kier alpha value is -3.39. The minimum absolute atomic E-state index is 0.194. The van der Waals surface area contributed by atoms with Crippen LogP contribution in [0.5, 0.6) is 11.5 Å². The fraction of sp³-hybridized carbons (Fsp3) is 0.158. The number of carboxylic acid groups (broad SMARTS) is 1. The van der Waals surface area contributed by atoms with Crippen LogP contribution >= 0.6 is 11.6 Å². The van der Waals surface area contributed by atoms with E-state index in [0.717, 1.165) is 15.8 Å². The average Bonchev–Trinajstić information content (AvgIpc) is 2.61. The molecule has 0 bridgehead atoms. The number of hydrogen-bond acceptors (Lipinski definition) is 5. The molecule has 28 heavy (non-hydrogen) atoms. The zero-order valence-electron chi connectivity index (χ0n) is 15.2. The van der Waals surface area contributed by atoms with E-state index in [0.29, 0.717) is 17.1 Å². The molecule has 0 unspecified atom stereocenters. The largest absolute Gasteiger partial charge is 0.476 e. The van der Waals surface area contributed by atoms with Crippen LogP contribution in [0.2, 0.25) is 5.02 Å². The van der Waals surface area contributed by atoms with E-state index in [-0.39, 0.29) is 10.7 Å². The lowest BCUT2D eigenvalue weighted by atomic mass is 10.1. The highest BCUT2D eigenvalue weighted by atomic mass is 35.5. The van der Waals surface area contributed by atoms with Gasteiger partial charge in [-0.1, -0.05) is 23.7 Å². The van der Waals surface area contributed by atoms with Gasteiger partial charge in [-0.15, -0.1) is 0 Å². The van der Waals surface area contributed by atoms with Crippen molar-refractivity contribution in [2.45, 2.75) is 20.8 Å². The standard InChI is InChI=1S/C19H16ClN3O5/c1-9-5-4-6-14(11(9)3)28-16-10(2)7-12(8-13(16)20)23-19(27)21-17(24)15(22-23)18(25)26/h4-8H,1-3H3,(H,25,26)(H,21,24,27).